The van der Waals surface area contributed by atoms with Gasteiger partial charge in [0.15, 0.2) is 0 Å². The molecule has 0 bridgehead atoms. The van der Waals surface area contributed by atoms with E-state index in [-0.39, 0.29) is 23.8 Å². The predicted octanol–water partition coefficient (Wildman–Crippen LogP) is 3.09. The van der Waals surface area contributed by atoms with Gasteiger partial charge in [-0.2, -0.15) is 0 Å². The summed E-state index contributed by atoms with van der Waals surface area (Å²) in [6.07, 6.45) is 6.84. The molecule has 0 saturated carbocycles. The topological polar surface area (TPSA) is 65.8 Å². The molecule has 29 heavy (non-hydrogen) atoms. The van der Waals surface area contributed by atoms with Gasteiger partial charge in [-0.15, -0.1) is 0 Å². The van der Waals surface area contributed by atoms with E-state index in [2.05, 4.69) is 34.5 Å². The molecule has 4 rings (SSSR count). The number of carbonyl (C=O) groups is 2. The molecule has 2 aromatic rings. The summed E-state index contributed by atoms with van der Waals surface area (Å²) >= 11 is 0. The maximum atomic E-state index is 12.8. The van der Waals surface area contributed by atoms with E-state index in [9.17, 15) is 9.59 Å². The molecule has 0 aliphatic carbocycles. The van der Waals surface area contributed by atoms with Gasteiger partial charge in [0.2, 0.25) is 5.91 Å². The van der Waals surface area contributed by atoms with Crippen LogP contribution in [0.4, 0.5) is 0 Å². The molecular weight excluding hydrogens is 366 g/mol. The lowest BCUT2D eigenvalue weighted by Crippen LogP contribution is -2.44. The number of hydrogen-bond acceptors (Lipinski definition) is 4. The third-order valence-corrected chi connectivity index (χ3v) is 6.16. The van der Waals surface area contributed by atoms with Gasteiger partial charge in [0.25, 0.3) is 5.91 Å². The molecule has 1 N–H and O–H groups in total. The van der Waals surface area contributed by atoms with Gasteiger partial charge in [-0.1, -0.05) is 30.3 Å². The first-order chi connectivity index (χ1) is 14.2. The number of nitrogens with zero attached hydrogens (tertiary/aromatic N) is 2. The average molecular weight is 396 g/mol. The van der Waals surface area contributed by atoms with Crippen LogP contribution in [0.2, 0.25) is 0 Å². The molecule has 6 nitrogen and oxygen atoms in total. The van der Waals surface area contributed by atoms with Crippen molar-refractivity contribution in [3.05, 3.63) is 60.1 Å². The van der Waals surface area contributed by atoms with Crippen molar-refractivity contribution < 1.29 is 14.0 Å². The third-order valence-electron chi connectivity index (χ3n) is 6.16. The van der Waals surface area contributed by atoms with Crippen molar-refractivity contribution in [2.24, 2.45) is 5.92 Å². The summed E-state index contributed by atoms with van der Waals surface area (Å²) < 4.78 is 5.00. The van der Waals surface area contributed by atoms with Crippen molar-refractivity contribution in [1.29, 1.82) is 0 Å². The van der Waals surface area contributed by atoms with Crippen LogP contribution in [0.5, 0.6) is 0 Å². The number of amides is 2. The molecule has 2 fully saturated rings. The van der Waals surface area contributed by atoms with E-state index in [4.69, 9.17) is 4.42 Å². The maximum absolute atomic E-state index is 12.8. The first-order valence-corrected chi connectivity index (χ1v) is 10.6. The molecule has 6 heteroatoms. The highest BCUT2D eigenvalue weighted by Crippen LogP contribution is 2.25. The fourth-order valence-corrected chi connectivity index (χ4v) is 4.44. The molecule has 3 heterocycles. The SMILES string of the molecule is O=C(NCC(c1ccccc1)N1CCCC1)C1CCN(C(=O)c2ccoc2)CC1. The quantitative estimate of drug-likeness (QED) is 0.816. The average Bonchev–Trinajstić information content (AvgIpc) is 3.49. The third kappa shape index (κ3) is 4.70. The Kier molecular flexibility index (Phi) is 6.30. The summed E-state index contributed by atoms with van der Waals surface area (Å²) in [5, 5.41) is 3.20. The minimum atomic E-state index is -0.0293. The first-order valence-electron chi connectivity index (χ1n) is 10.6. The van der Waals surface area contributed by atoms with E-state index in [1.807, 2.05) is 11.0 Å². The first kappa shape index (κ1) is 19.7. The van der Waals surface area contributed by atoms with Crippen LogP contribution in [0.1, 0.15) is 47.6 Å². The van der Waals surface area contributed by atoms with Crippen LogP contribution in [0.25, 0.3) is 0 Å². The zero-order valence-electron chi connectivity index (χ0n) is 16.8. The summed E-state index contributed by atoms with van der Waals surface area (Å²) in [7, 11) is 0. The van der Waals surface area contributed by atoms with E-state index in [0.717, 1.165) is 13.1 Å². The Morgan fingerprint density at radius 1 is 1.03 bits per heavy atom. The summed E-state index contributed by atoms with van der Waals surface area (Å²) in [4.78, 5) is 29.5. The second kappa shape index (κ2) is 9.27. The molecule has 2 aliphatic rings. The number of hydrogen-bond donors (Lipinski definition) is 1. The molecular formula is C23H29N3O3. The van der Waals surface area contributed by atoms with E-state index in [0.29, 0.717) is 38.0 Å². The largest absolute Gasteiger partial charge is 0.472 e. The Morgan fingerprint density at radius 3 is 2.41 bits per heavy atom. The number of likely N-dealkylation sites (tertiary alicyclic amines) is 2. The second-order valence-electron chi connectivity index (χ2n) is 7.99. The van der Waals surface area contributed by atoms with Gasteiger partial charge in [0.1, 0.15) is 6.26 Å². The Morgan fingerprint density at radius 2 is 1.76 bits per heavy atom. The van der Waals surface area contributed by atoms with Gasteiger partial charge >= 0.3 is 0 Å². The number of nitrogens with one attached hydrogen (secondary N) is 1. The number of benzene rings is 1. The van der Waals surface area contributed by atoms with Crippen LogP contribution in [0.15, 0.2) is 53.3 Å². The van der Waals surface area contributed by atoms with Gasteiger partial charge in [-0.3, -0.25) is 14.5 Å². The molecule has 2 saturated heterocycles. The van der Waals surface area contributed by atoms with Crippen molar-refractivity contribution in [2.45, 2.75) is 31.7 Å². The molecule has 154 valence electrons. The Balaban J connectivity index is 1.30. The number of furan rings is 1. The standard InChI is InChI=1S/C23H29N3O3/c27-22(19-8-13-26(14-9-19)23(28)20-10-15-29-17-20)24-16-21(25-11-4-5-12-25)18-6-2-1-3-7-18/h1-3,6-7,10,15,17,19,21H,4-5,8-9,11-14,16H2,(H,24,27). The van der Waals surface area contributed by atoms with Crippen molar-refractivity contribution in [1.82, 2.24) is 15.1 Å². The number of rotatable bonds is 6. The van der Waals surface area contributed by atoms with Crippen LogP contribution in [0.3, 0.4) is 0 Å². The lowest BCUT2D eigenvalue weighted by atomic mass is 9.95. The highest BCUT2D eigenvalue weighted by Gasteiger charge is 2.29. The second-order valence-corrected chi connectivity index (χ2v) is 7.99. The minimum absolute atomic E-state index is 0.0178. The molecule has 2 amide bonds. The molecule has 1 aromatic carbocycles. The van der Waals surface area contributed by atoms with Crippen LogP contribution >= 0.6 is 0 Å². The normalized spacial score (nSPS) is 19.2. The van der Waals surface area contributed by atoms with Gasteiger partial charge in [-0.25, -0.2) is 0 Å². The van der Waals surface area contributed by atoms with Gasteiger partial charge in [-0.05, 0) is 50.4 Å². The summed E-state index contributed by atoms with van der Waals surface area (Å²) in [5.41, 5.74) is 1.83. The Labute approximate surface area is 171 Å². The monoisotopic (exact) mass is 395 g/mol. The number of carbonyl (C=O) groups excluding carboxylic acids is 2. The molecule has 1 atom stereocenters. The molecule has 1 aromatic heterocycles. The molecule has 0 spiro atoms. The highest BCUT2D eigenvalue weighted by molar-refractivity contribution is 5.94. The van der Waals surface area contributed by atoms with Crippen molar-refractivity contribution in [2.75, 3.05) is 32.7 Å². The molecule has 1 unspecified atom stereocenters. The van der Waals surface area contributed by atoms with Gasteiger partial charge in [0.05, 0.1) is 17.9 Å². The maximum Gasteiger partial charge on any atom is 0.257 e. The highest BCUT2D eigenvalue weighted by atomic mass is 16.3. The van der Waals surface area contributed by atoms with Gasteiger partial charge < -0.3 is 14.6 Å². The van der Waals surface area contributed by atoms with Crippen LogP contribution in [0, 0.1) is 5.92 Å². The summed E-state index contributed by atoms with van der Waals surface area (Å²) in [5.74, 6) is 0.0646. The Bertz CT molecular complexity index is 792. The van der Waals surface area contributed by atoms with E-state index >= 15 is 0 Å². The molecule has 2 aliphatic heterocycles. The summed E-state index contributed by atoms with van der Waals surface area (Å²) in [6, 6.07) is 12.4. The zero-order valence-corrected chi connectivity index (χ0v) is 16.8. The van der Waals surface area contributed by atoms with Crippen LogP contribution in [-0.2, 0) is 4.79 Å². The minimum Gasteiger partial charge on any atom is -0.472 e. The molecule has 0 radical (unpaired) electrons. The predicted molar refractivity (Wildman–Crippen MR) is 110 cm³/mol. The van der Waals surface area contributed by atoms with Crippen LogP contribution in [-0.4, -0.2) is 54.3 Å². The van der Waals surface area contributed by atoms with Crippen molar-refractivity contribution in [3.8, 4) is 0 Å². The Hall–Kier alpha value is -2.60. The van der Waals surface area contributed by atoms with Crippen molar-refractivity contribution in [3.63, 3.8) is 0 Å². The van der Waals surface area contributed by atoms with E-state index in [1.54, 1.807) is 6.07 Å². The number of piperidine rings is 1. The fraction of sp³-hybridized carbons (Fsp3) is 0.478. The summed E-state index contributed by atoms with van der Waals surface area (Å²) in [6.45, 7) is 4.03. The fourth-order valence-electron chi connectivity index (χ4n) is 4.44. The smallest absolute Gasteiger partial charge is 0.257 e. The van der Waals surface area contributed by atoms with Crippen LogP contribution < -0.4 is 5.32 Å². The van der Waals surface area contributed by atoms with Gasteiger partial charge in [0, 0.05) is 25.6 Å². The van der Waals surface area contributed by atoms with Crippen molar-refractivity contribution >= 4 is 11.8 Å². The van der Waals surface area contributed by atoms with E-state index < -0.39 is 0 Å². The lowest BCUT2D eigenvalue weighted by Gasteiger charge is -2.32. The zero-order chi connectivity index (χ0) is 20.1. The van der Waals surface area contributed by atoms with E-state index in [1.165, 1.54) is 30.9 Å². The lowest BCUT2D eigenvalue weighted by molar-refractivity contribution is -0.126.